The van der Waals surface area contributed by atoms with E-state index in [4.69, 9.17) is 9.47 Å². The van der Waals surface area contributed by atoms with Gasteiger partial charge in [0.1, 0.15) is 0 Å². The average molecular weight is 303 g/mol. The molecule has 0 unspecified atom stereocenters. The summed E-state index contributed by atoms with van der Waals surface area (Å²) in [6, 6.07) is 8.76. The summed E-state index contributed by atoms with van der Waals surface area (Å²) in [6.07, 6.45) is 3.78. The molecule has 3 nitrogen and oxygen atoms in total. The zero-order valence-corrected chi connectivity index (χ0v) is 14.0. The molecule has 3 rings (SSSR count). The standard InChI is InChI=1S/C19H29NO2/c1-16-5-3-4-6-17(16)13-20-10-7-19(8-11-20)9-12-22-15-18(19)14-21-2/h3-6,18H,7-15H2,1-2H3/t18-/m0/s1. The third-order valence-electron chi connectivity index (χ3n) is 5.80. The lowest BCUT2D eigenvalue weighted by molar-refractivity contribution is -0.0951. The van der Waals surface area contributed by atoms with Crippen LogP contribution in [0.1, 0.15) is 30.4 Å². The molecule has 1 aromatic carbocycles. The summed E-state index contributed by atoms with van der Waals surface area (Å²) in [7, 11) is 1.82. The molecule has 0 N–H and O–H groups in total. The van der Waals surface area contributed by atoms with Crippen molar-refractivity contribution in [2.45, 2.75) is 32.7 Å². The summed E-state index contributed by atoms with van der Waals surface area (Å²) in [5.41, 5.74) is 3.33. The molecule has 3 heteroatoms. The fourth-order valence-electron chi connectivity index (χ4n) is 4.15. The van der Waals surface area contributed by atoms with Gasteiger partial charge in [-0.25, -0.2) is 0 Å². The number of nitrogens with zero attached hydrogens (tertiary/aromatic N) is 1. The number of methoxy groups -OCH3 is 1. The normalized spacial score (nSPS) is 25.5. The Kier molecular flexibility index (Phi) is 5.17. The number of hydrogen-bond donors (Lipinski definition) is 0. The molecular weight excluding hydrogens is 274 g/mol. The Hall–Kier alpha value is -0.900. The highest BCUT2D eigenvalue weighted by atomic mass is 16.5. The quantitative estimate of drug-likeness (QED) is 0.852. The molecule has 22 heavy (non-hydrogen) atoms. The molecule has 1 aromatic rings. The first-order chi connectivity index (χ1) is 10.7. The van der Waals surface area contributed by atoms with Crippen LogP contribution in [0.3, 0.4) is 0 Å². The van der Waals surface area contributed by atoms with Crippen LogP contribution < -0.4 is 0 Å². The van der Waals surface area contributed by atoms with Gasteiger partial charge < -0.3 is 9.47 Å². The lowest BCUT2D eigenvalue weighted by Crippen LogP contribution is -2.49. The highest BCUT2D eigenvalue weighted by Gasteiger charge is 2.43. The molecule has 0 aromatic heterocycles. The summed E-state index contributed by atoms with van der Waals surface area (Å²) >= 11 is 0. The first kappa shape index (κ1) is 16.0. The lowest BCUT2D eigenvalue weighted by Gasteiger charge is -2.49. The van der Waals surface area contributed by atoms with Crippen LogP contribution in [0.25, 0.3) is 0 Å². The Labute approximate surface area is 134 Å². The minimum Gasteiger partial charge on any atom is -0.384 e. The summed E-state index contributed by atoms with van der Waals surface area (Å²) in [4.78, 5) is 2.62. The fourth-order valence-corrected chi connectivity index (χ4v) is 4.15. The van der Waals surface area contributed by atoms with E-state index in [2.05, 4.69) is 36.1 Å². The monoisotopic (exact) mass is 303 g/mol. The smallest absolute Gasteiger partial charge is 0.0521 e. The van der Waals surface area contributed by atoms with Crippen LogP contribution in [0.15, 0.2) is 24.3 Å². The first-order valence-corrected chi connectivity index (χ1v) is 8.57. The highest BCUT2D eigenvalue weighted by Crippen LogP contribution is 2.45. The molecule has 0 bridgehead atoms. The maximum atomic E-state index is 5.71. The van der Waals surface area contributed by atoms with Gasteiger partial charge in [0.25, 0.3) is 0 Å². The molecule has 1 atom stereocenters. The largest absolute Gasteiger partial charge is 0.384 e. The third-order valence-corrected chi connectivity index (χ3v) is 5.80. The predicted molar refractivity (Wildman–Crippen MR) is 88.9 cm³/mol. The number of rotatable bonds is 4. The fraction of sp³-hybridized carbons (Fsp3) is 0.684. The zero-order chi connectivity index (χ0) is 15.4. The van der Waals surface area contributed by atoms with Crippen LogP contribution in [-0.4, -0.2) is 44.9 Å². The van der Waals surface area contributed by atoms with Crippen molar-refractivity contribution in [2.75, 3.05) is 40.0 Å². The molecule has 2 aliphatic heterocycles. The second-order valence-corrected chi connectivity index (χ2v) is 7.04. The van der Waals surface area contributed by atoms with Crippen molar-refractivity contribution in [3.8, 4) is 0 Å². The SMILES string of the molecule is COC[C@H]1COCCC12CCN(Cc1ccccc1C)CC2. The second-order valence-electron chi connectivity index (χ2n) is 7.04. The van der Waals surface area contributed by atoms with Crippen molar-refractivity contribution in [1.82, 2.24) is 4.90 Å². The van der Waals surface area contributed by atoms with Crippen molar-refractivity contribution in [2.24, 2.45) is 11.3 Å². The van der Waals surface area contributed by atoms with E-state index in [1.165, 1.54) is 43.5 Å². The van der Waals surface area contributed by atoms with Gasteiger partial charge in [0.15, 0.2) is 0 Å². The van der Waals surface area contributed by atoms with E-state index in [0.29, 0.717) is 11.3 Å². The molecule has 0 aliphatic carbocycles. The first-order valence-electron chi connectivity index (χ1n) is 8.57. The van der Waals surface area contributed by atoms with Crippen molar-refractivity contribution in [1.29, 1.82) is 0 Å². The van der Waals surface area contributed by atoms with Crippen LogP contribution in [0.4, 0.5) is 0 Å². The van der Waals surface area contributed by atoms with Crippen molar-refractivity contribution >= 4 is 0 Å². The maximum Gasteiger partial charge on any atom is 0.0521 e. The number of likely N-dealkylation sites (tertiary alicyclic amines) is 1. The van der Waals surface area contributed by atoms with Gasteiger partial charge in [0.05, 0.1) is 13.2 Å². The Morgan fingerprint density at radius 1 is 1.23 bits per heavy atom. The molecule has 0 amide bonds. The minimum absolute atomic E-state index is 0.455. The number of ether oxygens (including phenoxy) is 2. The van der Waals surface area contributed by atoms with Crippen molar-refractivity contribution in [3.05, 3.63) is 35.4 Å². The van der Waals surface area contributed by atoms with Gasteiger partial charge in [0.2, 0.25) is 0 Å². The van der Waals surface area contributed by atoms with E-state index in [0.717, 1.165) is 26.4 Å². The van der Waals surface area contributed by atoms with Crippen LogP contribution in [0, 0.1) is 18.3 Å². The van der Waals surface area contributed by atoms with E-state index in [9.17, 15) is 0 Å². The predicted octanol–water partition coefficient (Wildman–Crippen LogP) is 3.26. The van der Waals surface area contributed by atoms with Crippen LogP contribution >= 0.6 is 0 Å². The summed E-state index contributed by atoms with van der Waals surface area (Å²) in [6.45, 7) is 8.37. The van der Waals surface area contributed by atoms with Crippen molar-refractivity contribution in [3.63, 3.8) is 0 Å². The number of piperidine rings is 1. The van der Waals surface area contributed by atoms with Crippen molar-refractivity contribution < 1.29 is 9.47 Å². The topological polar surface area (TPSA) is 21.7 Å². The molecular formula is C19H29NO2. The molecule has 122 valence electrons. The van der Waals surface area contributed by atoms with Crippen LogP contribution in [0.2, 0.25) is 0 Å². The Morgan fingerprint density at radius 2 is 2.00 bits per heavy atom. The number of hydrogen-bond acceptors (Lipinski definition) is 3. The van der Waals surface area contributed by atoms with E-state index in [1.54, 1.807) is 0 Å². The Bertz CT molecular complexity index is 478. The highest BCUT2D eigenvalue weighted by molar-refractivity contribution is 5.25. The number of aryl methyl sites for hydroxylation is 1. The Morgan fingerprint density at radius 3 is 2.73 bits per heavy atom. The second kappa shape index (κ2) is 7.12. The molecule has 2 aliphatic rings. The molecule has 1 spiro atoms. The summed E-state index contributed by atoms with van der Waals surface area (Å²) in [5, 5.41) is 0. The zero-order valence-electron chi connectivity index (χ0n) is 14.0. The molecule has 2 heterocycles. The van der Waals surface area contributed by atoms with E-state index >= 15 is 0 Å². The van der Waals surface area contributed by atoms with Gasteiger partial charge in [-0.15, -0.1) is 0 Å². The Balaban J connectivity index is 1.60. The van der Waals surface area contributed by atoms with E-state index < -0.39 is 0 Å². The van der Waals surface area contributed by atoms with Crippen LogP contribution in [-0.2, 0) is 16.0 Å². The van der Waals surface area contributed by atoms with E-state index in [1.807, 2.05) is 7.11 Å². The van der Waals surface area contributed by atoms with Gasteiger partial charge in [-0.1, -0.05) is 24.3 Å². The van der Waals surface area contributed by atoms with E-state index in [-0.39, 0.29) is 0 Å². The number of benzene rings is 1. The average Bonchev–Trinajstić information content (AvgIpc) is 2.54. The van der Waals surface area contributed by atoms with Gasteiger partial charge in [-0.2, -0.15) is 0 Å². The molecule has 0 radical (unpaired) electrons. The summed E-state index contributed by atoms with van der Waals surface area (Å²) < 4.78 is 11.2. The summed E-state index contributed by atoms with van der Waals surface area (Å²) in [5.74, 6) is 0.576. The third kappa shape index (κ3) is 3.37. The van der Waals surface area contributed by atoms with Gasteiger partial charge in [0, 0.05) is 26.2 Å². The minimum atomic E-state index is 0.455. The maximum absolute atomic E-state index is 5.71. The lowest BCUT2D eigenvalue weighted by atomic mass is 9.66. The molecule has 2 fully saturated rings. The van der Waals surface area contributed by atoms with Gasteiger partial charge in [-0.05, 0) is 55.8 Å². The van der Waals surface area contributed by atoms with Gasteiger partial charge in [-0.3, -0.25) is 4.90 Å². The molecule has 2 saturated heterocycles. The van der Waals surface area contributed by atoms with Crippen LogP contribution in [0.5, 0.6) is 0 Å². The molecule has 0 saturated carbocycles. The van der Waals surface area contributed by atoms with Gasteiger partial charge >= 0.3 is 0 Å².